The Labute approximate surface area is 204 Å². The Morgan fingerprint density at radius 3 is 2.43 bits per heavy atom. The fraction of sp³-hybridized carbons (Fsp3) is 0.538. The van der Waals surface area contributed by atoms with Gasteiger partial charge in [-0.15, -0.1) is 0 Å². The number of rotatable bonds is 11. The van der Waals surface area contributed by atoms with Gasteiger partial charge in [-0.2, -0.15) is 13.6 Å². The van der Waals surface area contributed by atoms with Crippen molar-refractivity contribution in [3.05, 3.63) is 16.7 Å². The fourth-order valence-corrected chi connectivity index (χ4v) is 6.01. The molecule has 1 aliphatic rings. The van der Waals surface area contributed by atoms with E-state index in [2.05, 4.69) is 33.4 Å². The first-order valence-corrected chi connectivity index (χ1v) is 14.1. The zero-order valence-corrected chi connectivity index (χ0v) is 20.8. The summed E-state index contributed by atoms with van der Waals surface area (Å²) in [6.45, 7) is -0.0120. The molecule has 3 rings (SSSR count). The number of carbonyl (C=O) groups is 1. The Bertz CT molecular complexity index is 1370. The van der Waals surface area contributed by atoms with E-state index in [1.54, 1.807) is 0 Å². The van der Waals surface area contributed by atoms with Crippen molar-refractivity contribution in [2.24, 2.45) is 0 Å². The lowest BCUT2D eigenvalue weighted by molar-refractivity contribution is -0.123. The van der Waals surface area contributed by atoms with Gasteiger partial charge in [0.25, 0.3) is 5.56 Å². The number of aromatic amines is 1. The maximum absolute atomic E-state index is 12.3. The number of nitrogens with one attached hydrogen (secondary N) is 2. The number of aromatic nitrogens is 4. The van der Waals surface area contributed by atoms with Crippen molar-refractivity contribution < 1.29 is 71.3 Å². The molecule has 37 heavy (non-hydrogen) atoms. The lowest BCUT2D eigenvalue weighted by atomic mass is 10.1. The van der Waals surface area contributed by atoms with Crippen LogP contribution in [0.25, 0.3) is 11.2 Å². The van der Waals surface area contributed by atoms with Crippen LogP contribution in [0.5, 0.6) is 0 Å². The zero-order valence-electron chi connectivity index (χ0n) is 18.2. The highest BCUT2D eigenvalue weighted by atomic mass is 31.3. The van der Waals surface area contributed by atoms with Gasteiger partial charge in [-0.05, 0) is 6.92 Å². The molecule has 21 nitrogen and oxygen atoms in total. The molecule has 9 N–H and O–H groups in total. The zero-order chi connectivity index (χ0) is 27.9. The van der Waals surface area contributed by atoms with Crippen molar-refractivity contribution in [3.8, 4) is 0 Å². The van der Waals surface area contributed by atoms with E-state index >= 15 is 0 Å². The summed E-state index contributed by atoms with van der Waals surface area (Å²) in [6.07, 6.45) is -7.48. The molecule has 1 saturated heterocycles. The standard InChI is InChI=1S/C13H20N5O16P3/c1-4(19)10(22)16-13-15-9-6(11(23)17-13)14-3-18(9)12-8(21)7(20)5(32-12)2-31-36(27,28)34-37(29,30)33-35(24,25)26/h3,5,7-8,10,12,20-22H,2H2,1H3,(H,27,28)(H,29,30)(H2,24,25,26)(H2,15,16,17,23)/t5-,7-,8-,10?,12-/m1/s1. The minimum absolute atomic E-state index is 0.244. The number of phosphoric acid groups is 3. The van der Waals surface area contributed by atoms with E-state index in [0.717, 1.165) is 17.8 Å². The van der Waals surface area contributed by atoms with Crippen molar-refractivity contribution >= 4 is 46.4 Å². The molecule has 1 aliphatic heterocycles. The van der Waals surface area contributed by atoms with Crippen LogP contribution in [0.1, 0.15) is 13.2 Å². The fourth-order valence-electron chi connectivity index (χ4n) is 2.98. The van der Waals surface area contributed by atoms with Crippen LogP contribution in [0.15, 0.2) is 11.1 Å². The lowest BCUT2D eigenvalue weighted by Crippen LogP contribution is -2.33. The van der Waals surface area contributed by atoms with Gasteiger partial charge in [-0.25, -0.2) is 18.7 Å². The van der Waals surface area contributed by atoms with Gasteiger partial charge in [0, 0.05) is 0 Å². The van der Waals surface area contributed by atoms with E-state index in [0.29, 0.717) is 0 Å². The number of ether oxygens (including phenoxy) is 1. The Morgan fingerprint density at radius 1 is 1.19 bits per heavy atom. The number of phosphoric ester groups is 1. The minimum atomic E-state index is -5.78. The Kier molecular flexibility index (Phi) is 8.55. The van der Waals surface area contributed by atoms with E-state index in [-0.39, 0.29) is 17.1 Å². The van der Waals surface area contributed by atoms with Gasteiger partial charge >= 0.3 is 23.5 Å². The van der Waals surface area contributed by atoms with Gasteiger partial charge in [0.1, 0.15) is 18.3 Å². The van der Waals surface area contributed by atoms with Gasteiger partial charge in [0.15, 0.2) is 29.4 Å². The normalized spacial score (nSPS) is 26.5. The Balaban J connectivity index is 1.77. The summed E-state index contributed by atoms with van der Waals surface area (Å²) < 4.78 is 51.9. The number of aliphatic hydroxyl groups excluding tert-OH is 3. The highest BCUT2D eigenvalue weighted by Gasteiger charge is 2.47. The third kappa shape index (κ3) is 7.34. The van der Waals surface area contributed by atoms with Crippen LogP contribution in [0.3, 0.4) is 0 Å². The van der Waals surface area contributed by atoms with Crippen LogP contribution in [0.2, 0.25) is 0 Å². The highest BCUT2D eigenvalue weighted by molar-refractivity contribution is 7.66. The number of Topliss-reactive ketones (excluding diaryl/α,β-unsaturated/α-hetero) is 1. The number of hydrogen-bond acceptors (Lipinski definition) is 15. The number of fused-ring (bicyclic) bond motifs is 1. The monoisotopic (exact) mass is 595 g/mol. The van der Waals surface area contributed by atoms with E-state index in [9.17, 15) is 48.4 Å². The summed E-state index contributed by atoms with van der Waals surface area (Å²) in [7, 11) is -16.9. The lowest BCUT2D eigenvalue weighted by Gasteiger charge is -2.19. The molecule has 0 aromatic carbocycles. The van der Waals surface area contributed by atoms with Crippen LogP contribution >= 0.6 is 23.5 Å². The Morgan fingerprint density at radius 2 is 1.84 bits per heavy atom. The molecule has 0 aliphatic carbocycles. The summed E-state index contributed by atoms with van der Waals surface area (Å²) in [4.78, 5) is 69.3. The van der Waals surface area contributed by atoms with Crippen LogP contribution in [0.4, 0.5) is 5.95 Å². The minimum Gasteiger partial charge on any atom is -0.387 e. The predicted octanol–water partition coefficient (Wildman–Crippen LogP) is -2.60. The van der Waals surface area contributed by atoms with Crippen LogP contribution in [-0.2, 0) is 36.4 Å². The van der Waals surface area contributed by atoms with Gasteiger partial charge < -0.3 is 44.9 Å². The molecule has 3 heterocycles. The molecule has 1 fully saturated rings. The van der Waals surface area contributed by atoms with Crippen LogP contribution < -0.4 is 10.9 Å². The summed E-state index contributed by atoms with van der Waals surface area (Å²) >= 11 is 0. The van der Waals surface area contributed by atoms with Crippen molar-refractivity contribution in [2.75, 3.05) is 11.9 Å². The average molecular weight is 595 g/mol. The number of hydrogen-bond donors (Lipinski definition) is 9. The molecule has 0 radical (unpaired) electrons. The molecule has 0 amide bonds. The van der Waals surface area contributed by atoms with Crippen molar-refractivity contribution in [3.63, 3.8) is 0 Å². The number of anilines is 1. The number of carbonyl (C=O) groups excluding carboxylic acids is 1. The maximum Gasteiger partial charge on any atom is 0.490 e. The number of H-pyrrole nitrogens is 1. The average Bonchev–Trinajstić information content (AvgIpc) is 3.25. The second-order valence-corrected chi connectivity index (χ2v) is 11.7. The van der Waals surface area contributed by atoms with Crippen LogP contribution in [0, 0.1) is 0 Å². The smallest absolute Gasteiger partial charge is 0.387 e. The second kappa shape index (κ2) is 10.7. The molecular formula is C13H20N5O16P3. The third-order valence-corrected chi connectivity index (χ3v) is 8.32. The van der Waals surface area contributed by atoms with E-state index in [1.165, 1.54) is 0 Å². The summed E-state index contributed by atoms with van der Waals surface area (Å²) in [5, 5.41) is 32.6. The van der Waals surface area contributed by atoms with E-state index in [1.807, 2.05) is 0 Å². The van der Waals surface area contributed by atoms with Crippen LogP contribution in [-0.4, -0.2) is 91.3 Å². The summed E-state index contributed by atoms with van der Waals surface area (Å²) in [5.41, 5.74) is -1.34. The number of aliphatic hydroxyl groups is 3. The Hall–Kier alpha value is -1.93. The van der Waals surface area contributed by atoms with Gasteiger partial charge in [0.2, 0.25) is 5.95 Å². The topological polar surface area (TPSA) is 322 Å². The van der Waals surface area contributed by atoms with Gasteiger partial charge in [0.05, 0.1) is 12.9 Å². The molecule has 7 atom stereocenters. The van der Waals surface area contributed by atoms with E-state index < -0.39 is 72.2 Å². The number of ketones is 1. The first kappa shape index (κ1) is 29.6. The largest absolute Gasteiger partial charge is 0.490 e. The second-order valence-electron chi connectivity index (χ2n) is 7.33. The van der Waals surface area contributed by atoms with Crippen molar-refractivity contribution in [1.82, 2.24) is 19.5 Å². The molecule has 0 saturated carbocycles. The van der Waals surface area contributed by atoms with Crippen molar-refractivity contribution in [2.45, 2.75) is 37.7 Å². The summed E-state index contributed by atoms with van der Waals surface area (Å²) in [5.74, 6) is -1.06. The highest BCUT2D eigenvalue weighted by Crippen LogP contribution is 2.66. The number of imidazole rings is 1. The SMILES string of the molecule is CC(=O)C(O)Nc1nc2c(ncn2[C@@H]2O[C@H](COP(=O)(O)OP(=O)(O)OP(=O)(O)O)[C@@H](O)[C@H]2O)c(=O)[nH]1. The third-order valence-electron chi connectivity index (χ3n) is 4.52. The molecule has 24 heteroatoms. The van der Waals surface area contributed by atoms with E-state index in [4.69, 9.17) is 14.5 Å². The molecule has 2 aromatic rings. The summed E-state index contributed by atoms with van der Waals surface area (Å²) in [6, 6.07) is 0. The molecule has 0 spiro atoms. The van der Waals surface area contributed by atoms with Crippen molar-refractivity contribution in [1.29, 1.82) is 0 Å². The number of nitrogens with zero attached hydrogens (tertiary/aromatic N) is 3. The first-order valence-electron chi connectivity index (χ1n) is 9.61. The van der Waals surface area contributed by atoms with Gasteiger partial charge in [-0.1, -0.05) is 0 Å². The molecule has 2 aromatic heterocycles. The predicted molar refractivity (Wildman–Crippen MR) is 114 cm³/mol. The first-order chi connectivity index (χ1) is 16.9. The molecule has 3 unspecified atom stereocenters. The maximum atomic E-state index is 12.3. The molecule has 208 valence electrons. The van der Waals surface area contributed by atoms with Gasteiger partial charge in [-0.3, -0.25) is 23.7 Å². The molecular weight excluding hydrogens is 575 g/mol. The quantitative estimate of drug-likeness (QED) is 0.0949. The molecule has 0 bridgehead atoms.